The van der Waals surface area contributed by atoms with E-state index in [9.17, 15) is 13.2 Å². The highest BCUT2D eigenvalue weighted by molar-refractivity contribution is 7.91. The zero-order chi connectivity index (χ0) is 15.1. The molecule has 1 aliphatic heterocycles. The van der Waals surface area contributed by atoms with Crippen molar-refractivity contribution in [2.24, 2.45) is 0 Å². The van der Waals surface area contributed by atoms with Crippen LogP contribution in [0.3, 0.4) is 0 Å². The van der Waals surface area contributed by atoms with Gasteiger partial charge in [0.25, 0.3) is 0 Å². The maximum Gasteiger partial charge on any atom is 0.338 e. The minimum atomic E-state index is -3.41. The van der Waals surface area contributed by atoms with Crippen LogP contribution in [-0.2, 0) is 21.0 Å². The first-order chi connectivity index (χ1) is 9.20. The molecule has 6 heteroatoms. The molecule has 0 spiro atoms. The van der Waals surface area contributed by atoms with Crippen molar-refractivity contribution in [3.8, 4) is 0 Å². The van der Waals surface area contributed by atoms with Gasteiger partial charge in [0.05, 0.1) is 29.0 Å². The number of ether oxygens (including phenoxy) is 1. The van der Waals surface area contributed by atoms with E-state index in [2.05, 4.69) is 5.32 Å². The van der Waals surface area contributed by atoms with Crippen LogP contribution in [0.1, 0.15) is 36.7 Å². The van der Waals surface area contributed by atoms with Gasteiger partial charge in [0.15, 0.2) is 9.84 Å². The quantitative estimate of drug-likeness (QED) is 0.845. The van der Waals surface area contributed by atoms with Crippen LogP contribution < -0.4 is 5.32 Å². The van der Waals surface area contributed by atoms with Crippen LogP contribution in [0.25, 0.3) is 0 Å². The molecule has 1 N–H and O–H groups in total. The average molecular weight is 297 g/mol. The summed E-state index contributed by atoms with van der Waals surface area (Å²) in [7, 11) is -2.12. The van der Waals surface area contributed by atoms with Gasteiger partial charge in [0, 0.05) is 5.54 Å². The Labute approximate surface area is 119 Å². The molecule has 0 amide bonds. The fraction of sp³-hybridized carbons (Fsp3) is 0.500. The number of sulfone groups is 1. The van der Waals surface area contributed by atoms with Gasteiger partial charge in [-0.15, -0.1) is 0 Å². The first-order valence-electron chi connectivity index (χ1n) is 6.46. The molecule has 0 radical (unpaired) electrons. The molecule has 1 aromatic carbocycles. The van der Waals surface area contributed by atoms with Gasteiger partial charge in [0.2, 0.25) is 0 Å². The minimum Gasteiger partial charge on any atom is -0.465 e. The Balaban J connectivity index is 2.69. The van der Waals surface area contributed by atoms with Gasteiger partial charge < -0.3 is 10.1 Å². The second-order valence-corrected chi connectivity index (χ2v) is 7.58. The summed E-state index contributed by atoms with van der Waals surface area (Å²) in [4.78, 5) is 12.0. The summed E-state index contributed by atoms with van der Waals surface area (Å²) in [5.41, 5.74) is 1.13. The van der Waals surface area contributed by atoms with Crippen LogP contribution in [0.15, 0.2) is 17.0 Å². The first kappa shape index (κ1) is 14.8. The van der Waals surface area contributed by atoms with E-state index >= 15 is 0 Å². The summed E-state index contributed by atoms with van der Waals surface area (Å²) < 4.78 is 29.4. The highest BCUT2D eigenvalue weighted by atomic mass is 32.2. The summed E-state index contributed by atoms with van der Waals surface area (Å²) in [5.74, 6) is -0.510. The van der Waals surface area contributed by atoms with Crippen LogP contribution in [0.2, 0.25) is 0 Å². The molecule has 2 rings (SSSR count). The lowest BCUT2D eigenvalue weighted by Gasteiger charge is -2.33. The van der Waals surface area contributed by atoms with Crippen molar-refractivity contribution in [1.82, 2.24) is 0 Å². The molecule has 0 aliphatic carbocycles. The summed E-state index contributed by atoms with van der Waals surface area (Å²) in [6, 6.07) is 3.16. The number of aryl methyl sites for hydroxylation is 1. The molecular weight excluding hydrogens is 278 g/mol. The topological polar surface area (TPSA) is 72.5 Å². The Bertz CT molecular complexity index is 662. The van der Waals surface area contributed by atoms with Gasteiger partial charge in [-0.2, -0.15) is 0 Å². The number of rotatable bonds is 2. The normalized spacial score (nSPS) is 18.8. The number of carbonyl (C=O) groups is 1. The van der Waals surface area contributed by atoms with E-state index in [1.165, 1.54) is 13.2 Å². The predicted octanol–water partition coefficient (Wildman–Crippen LogP) is 2.01. The van der Waals surface area contributed by atoms with Crippen molar-refractivity contribution in [3.63, 3.8) is 0 Å². The maximum absolute atomic E-state index is 12.4. The molecule has 0 saturated carbocycles. The van der Waals surface area contributed by atoms with Gasteiger partial charge in [-0.1, -0.05) is 6.92 Å². The van der Waals surface area contributed by atoms with E-state index in [0.717, 1.165) is 5.56 Å². The summed E-state index contributed by atoms with van der Waals surface area (Å²) in [5, 5.41) is 3.22. The van der Waals surface area contributed by atoms with E-state index in [4.69, 9.17) is 4.74 Å². The number of anilines is 1. The van der Waals surface area contributed by atoms with Gasteiger partial charge in [-0.25, -0.2) is 13.2 Å². The van der Waals surface area contributed by atoms with E-state index < -0.39 is 21.3 Å². The summed E-state index contributed by atoms with van der Waals surface area (Å²) >= 11 is 0. The van der Waals surface area contributed by atoms with E-state index in [-0.39, 0.29) is 10.6 Å². The van der Waals surface area contributed by atoms with Gasteiger partial charge in [0.1, 0.15) is 0 Å². The van der Waals surface area contributed by atoms with Gasteiger partial charge >= 0.3 is 5.97 Å². The van der Waals surface area contributed by atoms with E-state index in [1.54, 1.807) is 6.07 Å². The lowest BCUT2D eigenvalue weighted by molar-refractivity contribution is 0.0599. The van der Waals surface area contributed by atoms with Gasteiger partial charge in [-0.05, 0) is 38.0 Å². The molecule has 1 heterocycles. The molecular formula is C14H19NO4S. The highest BCUT2D eigenvalue weighted by Gasteiger charge is 2.36. The van der Waals surface area contributed by atoms with Crippen molar-refractivity contribution < 1.29 is 17.9 Å². The number of hydrogen-bond donors (Lipinski definition) is 1. The Morgan fingerprint density at radius 3 is 2.60 bits per heavy atom. The zero-order valence-electron chi connectivity index (χ0n) is 12.1. The van der Waals surface area contributed by atoms with Crippen LogP contribution in [-0.4, -0.2) is 32.8 Å². The number of methoxy groups -OCH3 is 1. The van der Waals surface area contributed by atoms with Gasteiger partial charge in [-0.3, -0.25) is 0 Å². The second kappa shape index (κ2) is 4.77. The molecule has 20 heavy (non-hydrogen) atoms. The Hall–Kier alpha value is -1.56. The summed E-state index contributed by atoms with van der Waals surface area (Å²) in [6.07, 6.45) is 0.625. The number of fused-ring (bicyclic) bond motifs is 1. The molecule has 1 aliphatic rings. The number of carbonyl (C=O) groups excluding carboxylic acids is 1. The van der Waals surface area contributed by atoms with Crippen LogP contribution in [0.4, 0.5) is 5.69 Å². The minimum absolute atomic E-state index is 0.000908. The van der Waals surface area contributed by atoms with Crippen LogP contribution >= 0.6 is 0 Å². The number of esters is 1. The third kappa shape index (κ3) is 2.52. The Morgan fingerprint density at radius 2 is 2.05 bits per heavy atom. The molecule has 0 bridgehead atoms. The molecule has 0 fully saturated rings. The van der Waals surface area contributed by atoms with Crippen molar-refractivity contribution >= 4 is 21.5 Å². The smallest absolute Gasteiger partial charge is 0.338 e. The fourth-order valence-electron chi connectivity index (χ4n) is 2.53. The average Bonchev–Trinajstić information content (AvgIpc) is 2.34. The van der Waals surface area contributed by atoms with Crippen LogP contribution in [0, 0.1) is 0 Å². The molecule has 1 aromatic rings. The standard InChI is InChI=1S/C14H19NO4S/c1-5-9-6-11-12(7-10(9)13(16)19-4)20(17,18)8-14(2,3)15-11/h6-7,15H,5,8H2,1-4H3. The molecule has 0 unspecified atom stereocenters. The van der Waals surface area contributed by atoms with Crippen molar-refractivity contribution in [2.45, 2.75) is 37.6 Å². The molecule has 0 saturated heterocycles. The highest BCUT2D eigenvalue weighted by Crippen LogP contribution is 2.35. The maximum atomic E-state index is 12.4. The predicted molar refractivity (Wildman–Crippen MR) is 76.9 cm³/mol. The van der Waals surface area contributed by atoms with Crippen molar-refractivity contribution in [2.75, 3.05) is 18.2 Å². The first-order valence-corrected chi connectivity index (χ1v) is 8.11. The summed E-state index contributed by atoms with van der Waals surface area (Å²) in [6.45, 7) is 5.59. The van der Waals surface area contributed by atoms with E-state index in [0.29, 0.717) is 17.7 Å². The number of hydrogen-bond acceptors (Lipinski definition) is 5. The largest absolute Gasteiger partial charge is 0.465 e. The Morgan fingerprint density at radius 1 is 1.40 bits per heavy atom. The Kier molecular flexibility index (Phi) is 3.54. The number of benzene rings is 1. The van der Waals surface area contributed by atoms with Crippen LogP contribution in [0.5, 0.6) is 0 Å². The zero-order valence-corrected chi connectivity index (χ0v) is 12.9. The third-order valence-electron chi connectivity index (χ3n) is 3.35. The molecule has 110 valence electrons. The SMILES string of the molecule is CCc1cc2c(cc1C(=O)OC)S(=O)(=O)CC(C)(C)N2. The second-order valence-electron chi connectivity index (χ2n) is 5.62. The fourth-order valence-corrected chi connectivity index (χ4v) is 4.45. The van der Waals surface area contributed by atoms with Crippen molar-refractivity contribution in [1.29, 1.82) is 0 Å². The molecule has 0 aromatic heterocycles. The lowest BCUT2D eigenvalue weighted by Crippen LogP contribution is -2.43. The molecule has 0 atom stereocenters. The number of nitrogens with one attached hydrogen (secondary N) is 1. The monoisotopic (exact) mass is 297 g/mol. The lowest BCUT2D eigenvalue weighted by atomic mass is 10.0. The molecule has 5 nitrogen and oxygen atoms in total. The third-order valence-corrected chi connectivity index (χ3v) is 5.46. The van der Waals surface area contributed by atoms with Crippen molar-refractivity contribution in [3.05, 3.63) is 23.3 Å². The van der Waals surface area contributed by atoms with E-state index in [1.807, 2.05) is 20.8 Å².